The van der Waals surface area contributed by atoms with E-state index in [-0.39, 0.29) is 11.0 Å². The highest BCUT2D eigenvalue weighted by Crippen LogP contribution is 2.31. The minimum Gasteiger partial charge on any atom is -0.463 e. The molecule has 5 aromatic rings. The van der Waals surface area contributed by atoms with Crippen LogP contribution < -0.4 is 10.2 Å². The zero-order chi connectivity index (χ0) is 22.2. The van der Waals surface area contributed by atoms with Crippen molar-refractivity contribution in [3.05, 3.63) is 93.3 Å². The van der Waals surface area contributed by atoms with Crippen LogP contribution in [0.25, 0.3) is 31.8 Å². The number of para-hydroxylation sites is 1. The van der Waals surface area contributed by atoms with Crippen LogP contribution in [-0.4, -0.2) is 11.0 Å². The van der Waals surface area contributed by atoms with Crippen LogP contribution >= 0.6 is 22.9 Å². The van der Waals surface area contributed by atoms with Crippen LogP contribution in [-0.2, 0) is 6.42 Å². The molecule has 2 aromatic heterocycles. The topological polar surface area (TPSA) is 69.4 Å². The third-order valence-electron chi connectivity index (χ3n) is 5.16. The molecule has 0 aliphatic heterocycles. The number of ether oxygens (including phenoxy) is 1. The second-order valence-corrected chi connectivity index (χ2v) is 8.58. The average Bonchev–Trinajstić information content (AvgIpc) is 3.23. The lowest BCUT2D eigenvalue weighted by atomic mass is 10.1. The van der Waals surface area contributed by atoms with E-state index in [4.69, 9.17) is 20.8 Å². The van der Waals surface area contributed by atoms with Gasteiger partial charge in [-0.1, -0.05) is 42.8 Å². The van der Waals surface area contributed by atoms with Crippen molar-refractivity contribution < 1.29 is 13.9 Å². The molecule has 0 aliphatic carbocycles. The van der Waals surface area contributed by atoms with E-state index in [1.54, 1.807) is 36.4 Å². The summed E-state index contributed by atoms with van der Waals surface area (Å²) in [4.78, 5) is 30.4. The lowest BCUT2D eigenvalue weighted by Crippen LogP contribution is -2.11. The summed E-state index contributed by atoms with van der Waals surface area (Å²) in [6, 6.07) is 17.7. The predicted octanol–water partition coefficient (Wildman–Crippen LogP) is 6.50. The summed E-state index contributed by atoms with van der Waals surface area (Å²) in [6.07, 6.45) is 1.97. The van der Waals surface area contributed by atoms with Gasteiger partial charge in [0.05, 0.1) is 31.8 Å². The highest BCUT2D eigenvalue weighted by atomic mass is 35.5. The number of carbonyl (C=O) groups is 1. The van der Waals surface area contributed by atoms with Crippen LogP contribution in [0.5, 0.6) is 5.75 Å². The number of halogens is 1. The van der Waals surface area contributed by atoms with Gasteiger partial charge in [-0.25, -0.2) is 9.78 Å². The Morgan fingerprint density at radius 2 is 1.91 bits per heavy atom. The van der Waals surface area contributed by atoms with Crippen LogP contribution in [0.3, 0.4) is 0 Å². The zero-order valence-corrected chi connectivity index (χ0v) is 18.5. The summed E-state index contributed by atoms with van der Waals surface area (Å²) in [5.74, 6) is -0.237. The summed E-state index contributed by atoms with van der Waals surface area (Å²) in [5.41, 5.74) is 2.38. The first-order valence-corrected chi connectivity index (χ1v) is 11.2. The van der Waals surface area contributed by atoms with Crippen molar-refractivity contribution in [1.29, 1.82) is 0 Å². The third-order valence-corrected chi connectivity index (χ3v) is 6.56. The number of esters is 1. The number of carbonyl (C=O) groups excluding carboxylic acids is 1. The molecule has 0 amide bonds. The molecule has 158 valence electrons. The first-order chi connectivity index (χ1) is 15.5. The molecule has 32 heavy (non-hydrogen) atoms. The Bertz CT molecular complexity index is 1520. The summed E-state index contributed by atoms with van der Waals surface area (Å²) >= 11 is 7.55. The van der Waals surface area contributed by atoms with Crippen LogP contribution in [0.1, 0.15) is 22.8 Å². The van der Waals surface area contributed by atoms with E-state index in [2.05, 4.69) is 4.98 Å². The zero-order valence-electron chi connectivity index (χ0n) is 16.9. The molecule has 0 radical (unpaired) electrons. The molecule has 5 nitrogen and oxygen atoms in total. The Morgan fingerprint density at radius 3 is 2.69 bits per heavy atom. The highest BCUT2D eigenvalue weighted by molar-refractivity contribution is 7.21. The van der Waals surface area contributed by atoms with Gasteiger partial charge >= 0.3 is 5.97 Å². The predicted molar refractivity (Wildman–Crippen MR) is 127 cm³/mol. The fourth-order valence-corrected chi connectivity index (χ4v) is 4.67. The molecule has 0 atom stereocenters. The smallest absolute Gasteiger partial charge is 0.345 e. The number of aromatic nitrogens is 1. The van der Waals surface area contributed by atoms with E-state index in [1.807, 2.05) is 31.2 Å². The first-order valence-electron chi connectivity index (χ1n) is 9.96. The molecule has 0 saturated heterocycles. The second kappa shape index (κ2) is 8.22. The summed E-state index contributed by atoms with van der Waals surface area (Å²) in [5, 5.41) is 1.33. The van der Waals surface area contributed by atoms with Crippen molar-refractivity contribution in [2.75, 3.05) is 0 Å². The maximum absolute atomic E-state index is 13.3. The summed E-state index contributed by atoms with van der Waals surface area (Å²) in [6.45, 7) is 1.92. The summed E-state index contributed by atoms with van der Waals surface area (Å²) in [7, 11) is 0. The number of rotatable bonds is 4. The van der Waals surface area contributed by atoms with E-state index < -0.39 is 5.97 Å². The van der Waals surface area contributed by atoms with Gasteiger partial charge in [0.15, 0.2) is 0 Å². The Labute approximate surface area is 191 Å². The lowest BCUT2D eigenvalue weighted by molar-refractivity contribution is 0.0733. The van der Waals surface area contributed by atoms with Gasteiger partial charge in [0.1, 0.15) is 22.6 Å². The lowest BCUT2D eigenvalue weighted by Gasteiger charge is -2.11. The van der Waals surface area contributed by atoms with Crippen molar-refractivity contribution in [3.63, 3.8) is 0 Å². The molecule has 0 saturated carbocycles. The molecule has 0 N–H and O–H groups in total. The van der Waals surface area contributed by atoms with Gasteiger partial charge in [0.25, 0.3) is 0 Å². The molecule has 0 spiro atoms. The minimum atomic E-state index is -0.571. The van der Waals surface area contributed by atoms with Crippen LogP contribution in [0.4, 0.5) is 0 Å². The van der Waals surface area contributed by atoms with E-state index >= 15 is 0 Å². The number of nitrogens with zero attached hydrogens (tertiary/aromatic N) is 1. The average molecular weight is 462 g/mol. The molecular weight excluding hydrogens is 446 g/mol. The first kappa shape index (κ1) is 20.4. The molecule has 2 heterocycles. The van der Waals surface area contributed by atoms with Crippen molar-refractivity contribution in [2.24, 2.45) is 0 Å². The van der Waals surface area contributed by atoms with Crippen LogP contribution in [0, 0.1) is 0 Å². The maximum atomic E-state index is 13.3. The Balaban J connectivity index is 1.58. The second-order valence-electron chi connectivity index (χ2n) is 7.14. The highest BCUT2D eigenvalue weighted by Gasteiger charge is 2.18. The number of aryl methyl sites for hydroxylation is 1. The molecule has 3 aromatic carbocycles. The largest absolute Gasteiger partial charge is 0.463 e. The number of hydrogen-bond acceptors (Lipinski definition) is 6. The van der Waals surface area contributed by atoms with Gasteiger partial charge < -0.3 is 9.15 Å². The van der Waals surface area contributed by atoms with E-state index in [1.165, 1.54) is 17.6 Å². The Hall–Kier alpha value is -3.48. The van der Waals surface area contributed by atoms with Gasteiger partial charge in [-0.05, 0) is 42.3 Å². The molecule has 5 rings (SSSR count). The number of hydrogen-bond donors (Lipinski definition) is 0. The van der Waals surface area contributed by atoms with Crippen LogP contribution in [0.15, 0.2) is 76.1 Å². The summed E-state index contributed by atoms with van der Waals surface area (Å²) < 4.78 is 12.4. The van der Waals surface area contributed by atoms with E-state index in [0.29, 0.717) is 44.3 Å². The minimum absolute atomic E-state index is 0.177. The van der Waals surface area contributed by atoms with E-state index in [9.17, 15) is 9.59 Å². The fourth-order valence-electron chi connectivity index (χ4n) is 3.49. The van der Waals surface area contributed by atoms with Crippen LogP contribution in [0.2, 0.25) is 5.02 Å². The molecular formula is C25H16ClNO4S. The van der Waals surface area contributed by atoms with Crippen molar-refractivity contribution >= 4 is 50.1 Å². The SMILES string of the molecule is CCc1cc2c(=O)c(-c3nc4ccccc4s3)coc2cc1OC(=O)c1ccccc1Cl. The molecule has 0 bridgehead atoms. The Morgan fingerprint density at radius 1 is 1.12 bits per heavy atom. The quantitative estimate of drug-likeness (QED) is 0.225. The molecule has 0 unspecified atom stereocenters. The van der Waals surface area contributed by atoms with Crippen molar-refractivity contribution in [3.8, 4) is 16.3 Å². The normalized spacial score (nSPS) is 11.2. The standard InChI is InChI=1S/C25H16ClNO4S/c1-2-14-11-16-21(12-20(14)31-25(29)15-7-3-4-8-18(15)26)30-13-17(23(16)28)24-27-19-9-5-6-10-22(19)32-24/h3-13H,2H2,1H3. The van der Waals surface area contributed by atoms with Gasteiger partial charge in [0.2, 0.25) is 5.43 Å². The number of fused-ring (bicyclic) bond motifs is 2. The Kier molecular flexibility index (Phi) is 5.25. The van der Waals surface area contributed by atoms with Crippen molar-refractivity contribution in [1.82, 2.24) is 4.98 Å². The molecule has 0 fully saturated rings. The molecule has 0 aliphatic rings. The van der Waals surface area contributed by atoms with E-state index in [0.717, 1.165) is 10.2 Å². The number of benzene rings is 3. The monoisotopic (exact) mass is 461 g/mol. The van der Waals surface area contributed by atoms with Crippen molar-refractivity contribution in [2.45, 2.75) is 13.3 Å². The third kappa shape index (κ3) is 3.57. The van der Waals surface area contributed by atoms with Gasteiger partial charge in [-0.15, -0.1) is 11.3 Å². The number of thiazole rings is 1. The maximum Gasteiger partial charge on any atom is 0.345 e. The van der Waals surface area contributed by atoms with Gasteiger partial charge in [-0.2, -0.15) is 0 Å². The fraction of sp³-hybridized carbons (Fsp3) is 0.0800. The van der Waals surface area contributed by atoms with Gasteiger partial charge in [0, 0.05) is 6.07 Å². The molecule has 7 heteroatoms. The van der Waals surface area contributed by atoms with Gasteiger partial charge in [-0.3, -0.25) is 4.79 Å².